The van der Waals surface area contributed by atoms with E-state index in [-0.39, 0.29) is 22.7 Å². The number of benzene rings is 1. The molecule has 3 rings (SSSR count). The molecule has 1 amide bonds. The number of carbonyl (C=O) groups is 1. The molecule has 8 heteroatoms. The molecule has 1 atom stereocenters. The monoisotopic (exact) mass is 329 g/mol. The summed E-state index contributed by atoms with van der Waals surface area (Å²) in [5.74, 6) is -0.176. The van der Waals surface area contributed by atoms with Crippen LogP contribution in [0.1, 0.15) is 23.8 Å². The fourth-order valence-corrected chi connectivity index (χ4v) is 2.91. The zero-order valence-corrected chi connectivity index (χ0v) is 13.4. The lowest BCUT2D eigenvalue weighted by atomic mass is 9.90. The zero-order valence-electron chi connectivity index (χ0n) is 13.4. The SMILES string of the molecule is CC1(CN)CCN(C(=O)c2ccn(-c3ccccc3[N+](=O)[O-])n2)C1. The van der Waals surface area contributed by atoms with Gasteiger partial charge in [0, 0.05) is 25.4 Å². The smallest absolute Gasteiger partial charge is 0.294 e. The van der Waals surface area contributed by atoms with Crippen molar-refractivity contribution in [2.45, 2.75) is 13.3 Å². The van der Waals surface area contributed by atoms with Gasteiger partial charge in [0.05, 0.1) is 4.92 Å². The third kappa shape index (κ3) is 2.88. The Kier molecular flexibility index (Phi) is 4.06. The lowest BCUT2D eigenvalue weighted by Crippen LogP contribution is -2.34. The van der Waals surface area contributed by atoms with Gasteiger partial charge in [0.15, 0.2) is 5.69 Å². The van der Waals surface area contributed by atoms with Crippen molar-refractivity contribution in [3.8, 4) is 5.69 Å². The Morgan fingerprint density at radius 3 is 2.83 bits per heavy atom. The topological polar surface area (TPSA) is 107 Å². The molecule has 8 nitrogen and oxygen atoms in total. The molecule has 1 aliphatic heterocycles. The molecule has 1 aromatic heterocycles. The van der Waals surface area contributed by atoms with Crippen molar-refractivity contribution in [3.05, 3.63) is 52.3 Å². The maximum Gasteiger partial charge on any atom is 0.294 e. The fraction of sp³-hybridized carbons (Fsp3) is 0.375. The van der Waals surface area contributed by atoms with E-state index in [9.17, 15) is 14.9 Å². The van der Waals surface area contributed by atoms with Gasteiger partial charge < -0.3 is 10.6 Å². The molecule has 2 N–H and O–H groups in total. The van der Waals surface area contributed by atoms with E-state index in [2.05, 4.69) is 12.0 Å². The molecule has 1 aromatic carbocycles. The molecule has 0 radical (unpaired) electrons. The highest BCUT2D eigenvalue weighted by molar-refractivity contribution is 5.92. The van der Waals surface area contributed by atoms with E-state index in [1.165, 1.54) is 10.7 Å². The van der Waals surface area contributed by atoms with Crippen LogP contribution in [0.5, 0.6) is 0 Å². The Hall–Kier alpha value is -2.74. The Morgan fingerprint density at radius 1 is 1.42 bits per heavy atom. The quantitative estimate of drug-likeness (QED) is 0.677. The van der Waals surface area contributed by atoms with Crippen LogP contribution >= 0.6 is 0 Å². The summed E-state index contributed by atoms with van der Waals surface area (Å²) in [5.41, 5.74) is 6.26. The summed E-state index contributed by atoms with van der Waals surface area (Å²) < 4.78 is 1.36. The van der Waals surface area contributed by atoms with Gasteiger partial charge in [0.25, 0.3) is 11.6 Å². The Balaban J connectivity index is 1.84. The van der Waals surface area contributed by atoms with E-state index in [1.807, 2.05) is 0 Å². The van der Waals surface area contributed by atoms with Gasteiger partial charge in [-0.25, -0.2) is 4.68 Å². The average Bonchev–Trinajstić information content (AvgIpc) is 3.22. The molecular weight excluding hydrogens is 310 g/mol. The molecule has 1 aliphatic rings. The Labute approximate surface area is 139 Å². The van der Waals surface area contributed by atoms with Crippen LogP contribution in [-0.4, -0.2) is 45.1 Å². The molecule has 1 saturated heterocycles. The summed E-state index contributed by atoms with van der Waals surface area (Å²) in [6.45, 7) is 3.83. The van der Waals surface area contributed by atoms with E-state index in [0.29, 0.717) is 25.3 Å². The molecule has 0 bridgehead atoms. The first kappa shape index (κ1) is 16.1. The molecule has 0 aliphatic carbocycles. The Morgan fingerprint density at radius 2 is 2.17 bits per heavy atom. The number of hydrogen-bond acceptors (Lipinski definition) is 5. The van der Waals surface area contributed by atoms with Crippen molar-refractivity contribution in [1.29, 1.82) is 0 Å². The minimum Gasteiger partial charge on any atom is -0.337 e. The third-order valence-corrected chi connectivity index (χ3v) is 4.47. The van der Waals surface area contributed by atoms with Crippen LogP contribution in [-0.2, 0) is 0 Å². The van der Waals surface area contributed by atoms with Gasteiger partial charge >= 0.3 is 0 Å². The first-order valence-corrected chi connectivity index (χ1v) is 7.72. The second-order valence-electron chi connectivity index (χ2n) is 6.38. The van der Waals surface area contributed by atoms with Crippen molar-refractivity contribution in [2.24, 2.45) is 11.1 Å². The van der Waals surface area contributed by atoms with Crippen LogP contribution in [0.4, 0.5) is 5.69 Å². The molecule has 1 fully saturated rings. The number of nitro benzene ring substituents is 1. The maximum absolute atomic E-state index is 12.6. The molecular formula is C16H19N5O3. The normalized spacial score (nSPS) is 20.3. The molecule has 126 valence electrons. The number of amides is 1. The van der Waals surface area contributed by atoms with Crippen LogP contribution in [0.2, 0.25) is 0 Å². The number of carbonyl (C=O) groups excluding carboxylic acids is 1. The van der Waals surface area contributed by atoms with Crippen molar-refractivity contribution in [2.75, 3.05) is 19.6 Å². The van der Waals surface area contributed by atoms with Crippen LogP contribution in [0.3, 0.4) is 0 Å². The van der Waals surface area contributed by atoms with Crippen molar-refractivity contribution in [1.82, 2.24) is 14.7 Å². The van der Waals surface area contributed by atoms with Crippen molar-refractivity contribution >= 4 is 11.6 Å². The van der Waals surface area contributed by atoms with Gasteiger partial charge in [0.2, 0.25) is 0 Å². The van der Waals surface area contributed by atoms with Gasteiger partial charge in [-0.2, -0.15) is 5.10 Å². The molecule has 1 unspecified atom stereocenters. The van der Waals surface area contributed by atoms with Gasteiger partial charge in [-0.1, -0.05) is 19.1 Å². The number of rotatable bonds is 4. The lowest BCUT2D eigenvalue weighted by Gasteiger charge is -2.22. The van der Waals surface area contributed by atoms with Crippen LogP contribution in [0.15, 0.2) is 36.5 Å². The van der Waals surface area contributed by atoms with Gasteiger partial charge in [-0.3, -0.25) is 14.9 Å². The highest BCUT2D eigenvalue weighted by atomic mass is 16.6. The summed E-state index contributed by atoms with van der Waals surface area (Å²) >= 11 is 0. The van der Waals surface area contributed by atoms with Crippen LogP contribution in [0.25, 0.3) is 5.69 Å². The summed E-state index contributed by atoms with van der Waals surface area (Å²) in [4.78, 5) is 25.0. The van der Waals surface area contributed by atoms with Crippen molar-refractivity contribution < 1.29 is 9.72 Å². The minimum atomic E-state index is -0.467. The van der Waals surface area contributed by atoms with E-state index in [4.69, 9.17) is 5.73 Å². The number of para-hydroxylation sites is 2. The number of hydrogen-bond donors (Lipinski definition) is 1. The van der Waals surface area contributed by atoms with Crippen LogP contribution < -0.4 is 5.73 Å². The maximum atomic E-state index is 12.6. The number of nitrogens with zero attached hydrogens (tertiary/aromatic N) is 4. The van der Waals surface area contributed by atoms with E-state index < -0.39 is 4.92 Å². The van der Waals surface area contributed by atoms with Gasteiger partial charge in [-0.05, 0) is 30.5 Å². The standard InChI is InChI=1S/C16H19N5O3/c1-16(10-17)7-9-19(11-16)15(22)12-6-8-20(18-12)13-4-2-3-5-14(13)21(23)24/h2-6,8H,7,9-11,17H2,1H3. The largest absolute Gasteiger partial charge is 0.337 e. The molecule has 0 saturated carbocycles. The van der Waals surface area contributed by atoms with Crippen molar-refractivity contribution in [3.63, 3.8) is 0 Å². The van der Waals surface area contributed by atoms with Crippen LogP contribution in [0, 0.1) is 15.5 Å². The first-order chi connectivity index (χ1) is 11.4. The summed E-state index contributed by atoms with van der Waals surface area (Å²) in [6, 6.07) is 7.87. The van der Waals surface area contributed by atoms with Gasteiger partial charge in [-0.15, -0.1) is 0 Å². The summed E-state index contributed by atoms with van der Waals surface area (Å²) in [5, 5.41) is 15.4. The van der Waals surface area contributed by atoms with Gasteiger partial charge in [0.1, 0.15) is 5.69 Å². The molecule has 2 aromatic rings. The predicted molar refractivity (Wildman–Crippen MR) is 87.9 cm³/mol. The minimum absolute atomic E-state index is 0.0588. The van der Waals surface area contributed by atoms with E-state index in [0.717, 1.165) is 6.42 Å². The first-order valence-electron chi connectivity index (χ1n) is 7.72. The highest BCUT2D eigenvalue weighted by Crippen LogP contribution is 2.29. The lowest BCUT2D eigenvalue weighted by molar-refractivity contribution is -0.384. The fourth-order valence-electron chi connectivity index (χ4n) is 2.91. The zero-order chi connectivity index (χ0) is 17.3. The third-order valence-electron chi connectivity index (χ3n) is 4.47. The summed E-state index contributed by atoms with van der Waals surface area (Å²) in [7, 11) is 0. The number of aromatic nitrogens is 2. The van der Waals surface area contributed by atoms with E-state index in [1.54, 1.807) is 35.4 Å². The molecule has 24 heavy (non-hydrogen) atoms. The number of nitrogens with two attached hydrogens (primary N) is 1. The van der Waals surface area contributed by atoms with E-state index >= 15 is 0 Å². The Bertz CT molecular complexity index is 788. The summed E-state index contributed by atoms with van der Waals surface area (Å²) in [6.07, 6.45) is 2.42. The molecule has 2 heterocycles. The second kappa shape index (κ2) is 6.04. The highest BCUT2D eigenvalue weighted by Gasteiger charge is 2.35. The average molecular weight is 329 g/mol. The number of likely N-dealkylation sites (tertiary alicyclic amines) is 1. The second-order valence-corrected chi connectivity index (χ2v) is 6.38. The number of nitro groups is 1. The predicted octanol–water partition coefficient (Wildman–Crippen LogP) is 1.59. The molecule has 0 spiro atoms.